The number of hydrogen-bond acceptors (Lipinski definition) is 4. The van der Waals surface area contributed by atoms with Crippen LogP contribution in [0.25, 0.3) is 12.2 Å². The zero-order valence-corrected chi connectivity index (χ0v) is 11.2. The van der Waals surface area contributed by atoms with Crippen LogP contribution >= 0.6 is 0 Å². The maximum Gasteiger partial charge on any atom is 0.358 e. The van der Waals surface area contributed by atoms with Crippen molar-refractivity contribution in [2.45, 2.75) is 13.5 Å². The molecule has 0 aliphatic heterocycles. The van der Waals surface area contributed by atoms with Crippen molar-refractivity contribution < 1.29 is 19.8 Å². The normalized spacial score (nSPS) is 10.9. The molecule has 0 unspecified atom stereocenters. The van der Waals surface area contributed by atoms with Gasteiger partial charge in [0.05, 0.1) is 5.69 Å². The molecule has 108 valence electrons. The molecule has 0 bridgehead atoms. The largest absolute Gasteiger partial charge is 0.480 e. The van der Waals surface area contributed by atoms with Gasteiger partial charge in [0.1, 0.15) is 6.54 Å². The Hall–Kier alpha value is -2.96. The SMILES string of the molecule is Cc1ccc(/C=C/c2c(C(=O)O)nnn2CC(=O)O)cc1. The second kappa shape index (κ2) is 6.00. The number of carboxylic acids is 2. The first-order valence-corrected chi connectivity index (χ1v) is 6.10. The number of carboxylic acid groups (broad SMARTS) is 2. The topological polar surface area (TPSA) is 105 Å². The summed E-state index contributed by atoms with van der Waals surface area (Å²) >= 11 is 0. The smallest absolute Gasteiger partial charge is 0.358 e. The molecule has 21 heavy (non-hydrogen) atoms. The van der Waals surface area contributed by atoms with Crippen LogP contribution in [-0.2, 0) is 11.3 Å². The third-order valence-electron chi connectivity index (χ3n) is 2.77. The molecule has 0 aliphatic rings. The van der Waals surface area contributed by atoms with Crippen LogP contribution in [0.5, 0.6) is 0 Å². The standard InChI is InChI=1S/C14H13N3O4/c1-9-2-4-10(5-3-9)6-7-11-13(14(20)21)15-16-17(11)8-12(18)19/h2-7H,8H2,1H3,(H,18,19)(H,20,21)/b7-6+. The number of rotatable bonds is 5. The van der Waals surface area contributed by atoms with Gasteiger partial charge >= 0.3 is 11.9 Å². The Morgan fingerprint density at radius 3 is 2.43 bits per heavy atom. The Morgan fingerprint density at radius 2 is 1.86 bits per heavy atom. The summed E-state index contributed by atoms with van der Waals surface area (Å²) in [5.41, 5.74) is 1.83. The average Bonchev–Trinajstić information content (AvgIpc) is 2.80. The second-order valence-corrected chi connectivity index (χ2v) is 4.42. The monoisotopic (exact) mass is 287 g/mol. The van der Waals surface area contributed by atoms with Crippen LogP contribution < -0.4 is 0 Å². The summed E-state index contributed by atoms with van der Waals surface area (Å²) < 4.78 is 1.04. The van der Waals surface area contributed by atoms with Crippen molar-refractivity contribution in [2.24, 2.45) is 0 Å². The predicted molar refractivity (Wildman–Crippen MR) is 74.7 cm³/mol. The summed E-state index contributed by atoms with van der Waals surface area (Å²) in [4.78, 5) is 21.8. The summed E-state index contributed by atoms with van der Waals surface area (Å²) in [6, 6.07) is 7.59. The number of aryl methyl sites for hydroxylation is 1. The van der Waals surface area contributed by atoms with E-state index in [4.69, 9.17) is 10.2 Å². The number of nitrogens with zero attached hydrogens (tertiary/aromatic N) is 3. The number of carbonyl (C=O) groups is 2. The lowest BCUT2D eigenvalue weighted by atomic mass is 10.1. The summed E-state index contributed by atoms with van der Waals surface area (Å²) in [5, 5.41) is 24.9. The highest BCUT2D eigenvalue weighted by Crippen LogP contribution is 2.12. The van der Waals surface area contributed by atoms with Crippen LogP contribution in [0, 0.1) is 6.92 Å². The zero-order valence-electron chi connectivity index (χ0n) is 11.2. The number of aliphatic carboxylic acids is 1. The Labute approximate surface area is 120 Å². The molecule has 1 aromatic heterocycles. The van der Waals surface area contributed by atoms with Crippen molar-refractivity contribution in [3.8, 4) is 0 Å². The number of aromatic carboxylic acids is 1. The Morgan fingerprint density at radius 1 is 1.19 bits per heavy atom. The first kappa shape index (κ1) is 14.4. The molecule has 0 fully saturated rings. The fraction of sp³-hybridized carbons (Fsp3) is 0.143. The number of aromatic nitrogens is 3. The van der Waals surface area contributed by atoms with Crippen LogP contribution in [0.4, 0.5) is 0 Å². The van der Waals surface area contributed by atoms with Gasteiger partial charge in [-0.25, -0.2) is 9.48 Å². The number of hydrogen-bond donors (Lipinski definition) is 2. The van der Waals surface area contributed by atoms with Crippen LogP contribution in [0.3, 0.4) is 0 Å². The summed E-state index contributed by atoms with van der Waals surface area (Å²) in [6.45, 7) is 1.51. The molecule has 0 atom stereocenters. The molecule has 0 saturated heterocycles. The van der Waals surface area contributed by atoms with Gasteiger partial charge in [-0.1, -0.05) is 41.1 Å². The molecular formula is C14H13N3O4. The molecule has 2 N–H and O–H groups in total. The minimum atomic E-state index is -1.25. The lowest BCUT2D eigenvalue weighted by Crippen LogP contribution is -2.12. The molecule has 7 heteroatoms. The van der Waals surface area contributed by atoms with E-state index < -0.39 is 18.5 Å². The van der Waals surface area contributed by atoms with Gasteiger partial charge in [-0.05, 0) is 18.6 Å². The van der Waals surface area contributed by atoms with Gasteiger partial charge in [0.2, 0.25) is 0 Å². The van der Waals surface area contributed by atoms with E-state index in [9.17, 15) is 9.59 Å². The lowest BCUT2D eigenvalue weighted by molar-refractivity contribution is -0.137. The van der Waals surface area contributed by atoms with E-state index in [0.29, 0.717) is 0 Å². The fourth-order valence-corrected chi connectivity index (χ4v) is 1.74. The molecule has 7 nitrogen and oxygen atoms in total. The van der Waals surface area contributed by atoms with E-state index in [1.165, 1.54) is 6.08 Å². The molecule has 2 rings (SSSR count). The van der Waals surface area contributed by atoms with Gasteiger partial charge in [-0.3, -0.25) is 4.79 Å². The van der Waals surface area contributed by atoms with Crippen molar-refractivity contribution in [2.75, 3.05) is 0 Å². The quantitative estimate of drug-likeness (QED) is 0.864. The highest BCUT2D eigenvalue weighted by Gasteiger charge is 2.18. The van der Waals surface area contributed by atoms with E-state index in [1.807, 2.05) is 31.2 Å². The van der Waals surface area contributed by atoms with E-state index in [-0.39, 0.29) is 11.4 Å². The minimum Gasteiger partial charge on any atom is -0.480 e. The van der Waals surface area contributed by atoms with Crippen LogP contribution in [-0.4, -0.2) is 37.1 Å². The molecule has 0 spiro atoms. The van der Waals surface area contributed by atoms with Crippen molar-refractivity contribution >= 4 is 24.1 Å². The van der Waals surface area contributed by atoms with E-state index in [2.05, 4.69) is 10.3 Å². The third kappa shape index (κ3) is 3.53. The molecule has 0 radical (unpaired) electrons. The van der Waals surface area contributed by atoms with Crippen molar-refractivity contribution in [1.29, 1.82) is 0 Å². The fourth-order valence-electron chi connectivity index (χ4n) is 1.74. The molecular weight excluding hydrogens is 274 g/mol. The maximum atomic E-state index is 11.1. The Kier molecular flexibility index (Phi) is 4.13. The Balaban J connectivity index is 2.36. The molecule has 0 amide bonds. The zero-order chi connectivity index (χ0) is 15.4. The Bertz CT molecular complexity index is 702. The van der Waals surface area contributed by atoms with Gasteiger partial charge in [0.25, 0.3) is 0 Å². The molecule has 0 aliphatic carbocycles. The molecule has 1 heterocycles. The summed E-state index contributed by atoms with van der Waals surface area (Å²) in [7, 11) is 0. The lowest BCUT2D eigenvalue weighted by Gasteiger charge is -2.00. The van der Waals surface area contributed by atoms with Crippen LogP contribution in [0.2, 0.25) is 0 Å². The van der Waals surface area contributed by atoms with E-state index in [1.54, 1.807) is 6.08 Å². The van der Waals surface area contributed by atoms with Gasteiger partial charge in [0, 0.05) is 0 Å². The van der Waals surface area contributed by atoms with Crippen LogP contribution in [0.1, 0.15) is 27.3 Å². The molecule has 0 saturated carbocycles. The molecule has 1 aromatic carbocycles. The molecule has 2 aromatic rings. The highest BCUT2D eigenvalue weighted by atomic mass is 16.4. The first-order chi connectivity index (χ1) is 9.97. The third-order valence-corrected chi connectivity index (χ3v) is 2.77. The summed E-state index contributed by atoms with van der Waals surface area (Å²) in [6.07, 6.45) is 3.18. The highest BCUT2D eigenvalue weighted by molar-refractivity contribution is 5.90. The van der Waals surface area contributed by atoms with E-state index >= 15 is 0 Å². The van der Waals surface area contributed by atoms with Crippen molar-refractivity contribution in [3.63, 3.8) is 0 Å². The average molecular weight is 287 g/mol. The second-order valence-electron chi connectivity index (χ2n) is 4.42. The van der Waals surface area contributed by atoms with Gasteiger partial charge < -0.3 is 10.2 Å². The maximum absolute atomic E-state index is 11.1. The summed E-state index contributed by atoms with van der Waals surface area (Å²) in [5.74, 6) is -2.38. The first-order valence-electron chi connectivity index (χ1n) is 6.10. The van der Waals surface area contributed by atoms with Crippen LogP contribution in [0.15, 0.2) is 24.3 Å². The predicted octanol–water partition coefficient (Wildman–Crippen LogP) is 1.54. The van der Waals surface area contributed by atoms with Gasteiger partial charge in [0.15, 0.2) is 5.69 Å². The van der Waals surface area contributed by atoms with Crippen molar-refractivity contribution in [3.05, 3.63) is 46.8 Å². The van der Waals surface area contributed by atoms with E-state index in [0.717, 1.165) is 15.8 Å². The van der Waals surface area contributed by atoms with Gasteiger partial charge in [-0.15, -0.1) is 5.10 Å². The van der Waals surface area contributed by atoms with Crippen molar-refractivity contribution in [1.82, 2.24) is 15.0 Å². The minimum absolute atomic E-state index is 0.144. The van der Waals surface area contributed by atoms with Gasteiger partial charge in [-0.2, -0.15) is 0 Å². The number of benzene rings is 1.